The molecule has 156 valence electrons. The fourth-order valence-corrected chi connectivity index (χ4v) is 3.13. The largest absolute Gasteiger partial charge is 0.493 e. The van der Waals surface area contributed by atoms with Gasteiger partial charge in [-0.25, -0.2) is 0 Å². The molecule has 1 unspecified atom stereocenters. The molecule has 30 heavy (non-hydrogen) atoms. The second-order valence-corrected chi connectivity index (χ2v) is 6.43. The van der Waals surface area contributed by atoms with E-state index < -0.39 is 0 Å². The molecule has 1 aliphatic heterocycles. The topological polar surface area (TPSA) is 113 Å². The van der Waals surface area contributed by atoms with Gasteiger partial charge >= 0.3 is 0 Å². The fraction of sp³-hybridized carbons (Fsp3) is 0.300. The Labute approximate surface area is 172 Å². The van der Waals surface area contributed by atoms with E-state index in [0.717, 1.165) is 16.8 Å². The molecule has 10 heteroatoms. The van der Waals surface area contributed by atoms with Gasteiger partial charge in [0, 0.05) is 12.0 Å². The Bertz CT molecular complexity index is 1040. The zero-order valence-corrected chi connectivity index (χ0v) is 16.8. The van der Waals surface area contributed by atoms with Crippen molar-refractivity contribution in [1.82, 2.24) is 20.6 Å². The summed E-state index contributed by atoms with van der Waals surface area (Å²) in [6.07, 6.45) is 0.404. The lowest BCUT2D eigenvalue weighted by molar-refractivity contribution is 0.0855. The highest BCUT2D eigenvalue weighted by Crippen LogP contribution is 2.36. The Balaban J connectivity index is 1.47. The molecule has 10 nitrogen and oxygen atoms in total. The number of ether oxygens (including phenoxy) is 4. The van der Waals surface area contributed by atoms with E-state index in [1.165, 1.54) is 0 Å². The molecule has 1 aliphatic rings. The summed E-state index contributed by atoms with van der Waals surface area (Å²) in [4.78, 5) is 5.67. The van der Waals surface area contributed by atoms with E-state index >= 15 is 0 Å². The van der Waals surface area contributed by atoms with Crippen molar-refractivity contribution < 1.29 is 23.8 Å². The Hall–Kier alpha value is -3.82. The molecule has 0 saturated heterocycles. The third-order valence-corrected chi connectivity index (χ3v) is 4.69. The minimum absolute atomic E-state index is 0.178. The van der Waals surface area contributed by atoms with Gasteiger partial charge in [-0.1, -0.05) is 16.4 Å². The summed E-state index contributed by atoms with van der Waals surface area (Å²) in [6.45, 7) is 0.178. The summed E-state index contributed by atoms with van der Waals surface area (Å²) in [6, 6.07) is 11.3. The van der Waals surface area contributed by atoms with Crippen LogP contribution in [0, 0.1) is 0 Å². The highest BCUT2D eigenvalue weighted by Gasteiger charge is 2.25. The number of nitrogens with zero attached hydrogens (tertiary/aromatic N) is 4. The number of hydrogen-bond acceptors (Lipinski definition) is 9. The predicted octanol–water partition coefficient (Wildman–Crippen LogP) is 2.67. The van der Waals surface area contributed by atoms with Crippen LogP contribution in [-0.2, 0) is 11.4 Å². The van der Waals surface area contributed by atoms with Crippen molar-refractivity contribution in [3.8, 4) is 23.0 Å². The molecule has 1 aromatic heterocycles. The van der Waals surface area contributed by atoms with Crippen LogP contribution in [0.5, 0.6) is 23.0 Å². The molecule has 2 heterocycles. The average Bonchev–Trinajstić information content (AvgIpc) is 3.49. The van der Waals surface area contributed by atoms with Crippen LogP contribution in [0.2, 0.25) is 0 Å². The van der Waals surface area contributed by atoms with E-state index in [-0.39, 0.29) is 12.7 Å². The van der Waals surface area contributed by atoms with Crippen LogP contribution in [0.3, 0.4) is 0 Å². The van der Waals surface area contributed by atoms with Crippen molar-refractivity contribution in [3.63, 3.8) is 0 Å². The van der Waals surface area contributed by atoms with E-state index in [4.69, 9.17) is 23.8 Å². The van der Waals surface area contributed by atoms with Crippen molar-refractivity contribution in [2.24, 2.45) is 5.16 Å². The van der Waals surface area contributed by atoms with Gasteiger partial charge in [-0.05, 0) is 35.9 Å². The Morgan fingerprint density at radius 2 is 1.73 bits per heavy atom. The molecule has 0 bridgehead atoms. The number of tetrazole rings is 1. The molecule has 1 N–H and O–H groups in total. The summed E-state index contributed by atoms with van der Waals surface area (Å²) in [5.74, 6) is 2.92. The molecule has 4 rings (SSSR count). The molecule has 2 aromatic carbocycles. The summed E-state index contributed by atoms with van der Waals surface area (Å²) in [5, 5.41) is 17.9. The van der Waals surface area contributed by atoms with Crippen LogP contribution in [0.1, 0.15) is 29.5 Å². The number of oxime groups is 1. The second kappa shape index (κ2) is 8.68. The highest BCUT2D eigenvalue weighted by atomic mass is 16.6. The smallest absolute Gasteiger partial charge is 0.211 e. The van der Waals surface area contributed by atoms with E-state index in [2.05, 4.69) is 25.8 Å². The van der Waals surface area contributed by atoms with Gasteiger partial charge in [0.1, 0.15) is 0 Å². The third-order valence-electron chi connectivity index (χ3n) is 4.69. The normalized spacial score (nSPS) is 15.3. The average molecular weight is 411 g/mol. The zero-order chi connectivity index (χ0) is 20.9. The molecule has 0 saturated carbocycles. The number of aromatic amines is 1. The molecular formula is C20H21N5O5. The quantitative estimate of drug-likeness (QED) is 0.602. The SMILES string of the molecule is COc1ccc(C2CC(c3ccc(OCc4nn[nH]n4)c(OC)c3)=NO2)cc1OC. The van der Waals surface area contributed by atoms with Gasteiger partial charge in [-0.2, -0.15) is 5.21 Å². The summed E-state index contributed by atoms with van der Waals surface area (Å²) < 4.78 is 21.9. The predicted molar refractivity (Wildman–Crippen MR) is 106 cm³/mol. The molecular weight excluding hydrogens is 390 g/mol. The first-order valence-electron chi connectivity index (χ1n) is 9.20. The van der Waals surface area contributed by atoms with Crippen LogP contribution in [0.15, 0.2) is 41.6 Å². The molecule has 0 amide bonds. The standard InChI is InChI=1S/C20H21N5O5/c1-26-15-6-5-13(9-18(15)27-2)17-10-14(23-30-17)12-4-7-16(19(8-12)28-3)29-11-20-21-24-25-22-20/h4-9,17H,10-11H2,1-3H3,(H,21,22,24,25). The molecule has 3 aromatic rings. The van der Waals surface area contributed by atoms with Gasteiger partial charge in [0.2, 0.25) is 5.82 Å². The van der Waals surface area contributed by atoms with Crippen LogP contribution in [0.25, 0.3) is 0 Å². The lowest BCUT2D eigenvalue weighted by atomic mass is 9.99. The lowest BCUT2D eigenvalue weighted by Gasteiger charge is -2.13. The maximum Gasteiger partial charge on any atom is 0.211 e. The Kier molecular flexibility index (Phi) is 5.64. The summed E-state index contributed by atoms with van der Waals surface area (Å²) >= 11 is 0. The van der Waals surface area contributed by atoms with Crippen molar-refractivity contribution in [3.05, 3.63) is 53.3 Å². The van der Waals surface area contributed by atoms with Crippen molar-refractivity contribution in [1.29, 1.82) is 0 Å². The van der Waals surface area contributed by atoms with E-state index in [0.29, 0.717) is 35.2 Å². The number of methoxy groups -OCH3 is 3. The molecule has 0 radical (unpaired) electrons. The Morgan fingerprint density at radius 1 is 0.967 bits per heavy atom. The second-order valence-electron chi connectivity index (χ2n) is 6.43. The number of rotatable bonds is 8. The van der Waals surface area contributed by atoms with Crippen molar-refractivity contribution in [2.75, 3.05) is 21.3 Å². The number of hydrogen-bond donors (Lipinski definition) is 1. The number of benzene rings is 2. The van der Waals surface area contributed by atoms with E-state index in [9.17, 15) is 0 Å². The number of nitrogens with one attached hydrogen (secondary N) is 1. The van der Waals surface area contributed by atoms with Gasteiger partial charge in [0.05, 0.1) is 27.0 Å². The first kappa shape index (κ1) is 19.5. The third kappa shape index (κ3) is 3.97. The lowest BCUT2D eigenvalue weighted by Crippen LogP contribution is -2.04. The Morgan fingerprint density at radius 3 is 2.47 bits per heavy atom. The van der Waals surface area contributed by atoms with E-state index in [1.54, 1.807) is 21.3 Å². The van der Waals surface area contributed by atoms with Crippen molar-refractivity contribution in [2.45, 2.75) is 19.1 Å². The molecule has 0 fully saturated rings. The zero-order valence-electron chi connectivity index (χ0n) is 16.8. The van der Waals surface area contributed by atoms with Crippen LogP contribution < -0.4 is 18.9 Å². The molecule has 0 aliphatic carbocycles. The maximum atomic E-state index is 5.72. The van der Waals surface area contributed by atoms with E-state index in [1.807, 2.05) is 36.4 Å². The summed E-state index contributed by atoms with van der Waals surface area (Å²) in [5.41, 5.74) is 2.66. The van der Waals surface area contributed by atoms with Crippen molar-refractivity contribution >= 4 is 5.71 Å². The minimum Gasteiger partial charge on any atom is -0.493 e. The summed E-state index contributed by atoms with van der Waals surface area (Å²) in [7, 11) is 4.79. The highest BCUT2D eigenvalue weighted by molar-refractivity contribution is 6.01. The molecule has 0 spiro atoms. The van der Waals surface area contributed by atoms with Gasteiger partial charge in [-0.15, -0.1) is 10.2 Å². The van der Waals surface area contributed by atoms with Gasteiger partial charge < -0.3 is 23.8 Å². The van der Waals surface area contributed by atoms with Crippen LogP contribution in [0.4, 0.5) is 0 Å². The first-order chi connectivity index (χ1) is 14.7. The van der Waals surface area contributed by atoms with Crippen LogP contribution in [-0.4, -0.2) is 47.7 Å². The van der Waals surface area contributed by atoms with Gasteiger partial charge in [0.15, 0.2) is 35.7 Å². The van der Waals surface area contributed by atoms with Gasteiger partial charge in [0.25, 0.3) is 0 Å². The van der Waals surface area contributed by atoms with Gasteiger partial charge in [-0.3, -0.25) is 0 Å². The monoisotopic (exact) mass is 411 g/mol. The number of H-pyrrole nitrogens is 1. The van der Waals surface area contributed by atoms with Crippen LogP contribution >= 0.6 is 0 Å². The number of aromatic nitrogens is 4. The minimum atomic E-state index is -0.208. The fourth-order valence-electron chi connectivity index (χ4n) is 3.13. The molecule has 1 atom stereocenters. The first-order valence-corrected chi connectivity index (χ1v) is 9.20. The maximum absolute atomic E-state index is 5.72.